The number of hydrogen-bond donors (Lipinski definition) is 0. The van der Waals surface area contributed by atoms with E-state index in [-0.39, 0.29) is 6.79 Å². The van der Waals surface area contributed by atoms with Gasteiger partial charge >= 0.3 is 0 Å². The van der Waals surface area contributed by atoms with E-state index in [2.05, 4.69) is 30.3 Å². The van der Waals surface area contributed by atoms with E-state index < -0.39 is 0 Å². The van der Waals surface area contributed by atoms with Crippen molar-refractivity contribution < 1.29 is 14.2 Å². The highest BCUT2D eigenvalue weighted by atomic mass is 16.7. The standard InChI is InChI=1S/C27H19NO3/c28-16-23(21-11-12-26-27(15-21)31-18-30-26)13-19-5-3-9-24(14-19)29-17-22-8-4-7-20-6-1-2-10-25(20)22/h1-15H,17-18H2/b23-13-. The summed E-state index contributed by atoms with van der Waals surface area (Å²) >= 11 is 0. The molecule has 1 aliphatic heterocycles. The van der Waals surface area contributed by atoms with Gasteiger partial charge in [-0.1, -0.05) is 54.6 Å². The van der Waals surface area contributed by atoms with Crippen molar-refractivity contribution in [2.24, 2.45) is 0 Å². The van der Waals surface area contributed by atoms with Gasteiger partial charge in [0.15, 0.2) is 11.5 Å². The Labute approximate surface area is 180 Å². The summed E-state index contributed by atoms with van der Waals surface area (Å²) in [4.78, 5) is 0. The maximum absolute atomic E-state index is 9.69. The molecule has 4 nitrogen and oxygen atoms in total. The monoisotopic (exact) mass is 405 g/mol. The van der Waals surface area contributed by atoms with Crippen LogP contribution in [0.25, 0.3) is 22.4 Å². The van der Waals surface area contributed by atoms with Crippen molar-refractivity contribution in [3.63, 3.8) is 0 Å². The normalized spacial score (nSPS) is 12.5. The fourth-order valence-corrected chi connectivity index (χ4v) is 3.68. The van der Waals surface area contributed by atoms with Crippen LogP contribution in [0.1, 0.15) is 16.7 Å². The zero-order valence-corrected chi connectivity index (χ0v) is 16.7. The van der Waals surface area contributed by atoms with E-state index in [1.807, 2.05) is 66.7 Å². The van der Waals surface area contributed by atoms with Gasteiger partial charge in [-0.3, -0.25) is 0 Å². The maximum Gasteiger partial charge on any atom is 0.231 e. The summed E-state index contributed by atoms with van der Waals surface area (Å²) in [5.41, 5.74) is 3.36. The Morgan fingerprint density at radius 1 is 0.903 bits per heavy atom. The van der Waals surface area contributed by atoms with E-state index in [4.69, 9.17) is 14.2 Å². The van der Waals surface area contributed by atoms with Gasteiger partial charge in [-0.15, -0.1) is 0 Å². The van der Waals surface area contributed by atoms with Crippen LogP contribution < -0.4 is 14.2 Å². The van der Waals surface area contributed by atoms with Gasteiger partial charge in [0.05, 0.1) is 11.6 Å². The van der Waals surface area contributed by atoms with Crippen LogP contribution in [-0.4, -0.2) is 6.79 Å². The number of benzene rings is 4. The molecule has 0 unspecified atom stereocenters. The molecule has 0 N–H and O–H groups in total. The number of allylic oxidation sites excluding steroid dienone is 1. The van der Waals surface area contributed by atoms with Gasteiger partial charge < -0.3 is 14.2 Å². The van der Waals surface area contributed by atoms with E-state index in [0.29, 0.717) is 23.7 Å². The molecule has 0 aromatic heterocycles. The molecule has 1 heterocycles. The van der Waals surface area contributed by atoms with Crippen LogP contribution in [0.3, 0.4) is 0 Å². The highest BCUT2D eigenvalue weighted by Gasteiger charge is 2.14. The molecule has 4 aromatic carbocycles. The van der Waals surface area contributed by atoms with E-state index >= 15 is 0 Å². The fourth-order valence-electron chi connectivity index (χ4n) is 3.68. The van der Waals surface area contributed by atoms with Gasteiger partial charge in [0.1, 0.15) is 12.4 Å². The Kier molecular flexibility index (Phi) is 5.00. The zero-order chi connectivity index (χ0) is 21.0. The Hall–Kier alpha value is -4.23. The minimum Gasteiger partial charge on any atom is -0.489 e. The molecule has 1 aliphatic rings. The molecule has 4 aromatic rings. The van der Waals surface area contributed by atoms with Crippen LogP contribution >= 0.6 is 0 Å². The maximum atomic E-state index is 9.69. The summed E-state index contributed by atoms with van der Waals surface area (Å²) in [6, 6.07) is 30.1. The largest absolute Gasteiger partial charge is 0.489 e. The van der Waals surface area contributed by atoms with Gasteiger partial charge in [0.2, 0.25) is 6.79 Å². The molecule has 0 saturated carbocycles. The zero-order valence-electron chi connectivity index (χ0n) is 16.7. The second-order valence-corrected chi connectivity index (χ2v) is 7.24. The summed E-state index contributed by atoms with van der Waals surface area (Å²) in [6.45, 7) is 0.683. The third-order valence-electron chi connectivity index (χ3n) is 5.25. The molecule has 0 spiro atoms. The lowest BCUT2D eigenvalue weighted by atomic mass is 10.0. The first-order chi connectivity index (χ1) is 15.3. The topological polar surface area (TPSA) is 51.5 Å². The lowest BCUT2D eigenvalue weighted by Gasteiger charge is -2.10. The predicted molar refractivity (Wildman–Crippen MR) is 121 cm³/mol. The van der Waals surface area contributed by atoms with Crippen LogP contribution in [0.4, 0.5) is 0 Å². The fraction of sp³-hybridized carbons (Fsp3) is 0.0741. The molecule has 150 valence electrons. The van der Waals surface area contributed by atoms with Gasteiger partial charge in [-0.2, -0.15) is 5.26 Å². The molecule has 0 saturated heterocycles. The van der Waals surface area contributed by atoms with Crippen LogP contribution in [0, 0.1) is 11.3 Å². The molecule has 4 heteroatoms. The molecular weight excluding hydrogens is 386 g/mol. The van der Waals surface area contributed by atoms with Crippen molar-refractivity contribution in [2.45, 2.75) is 6.61 Å². The second kappa shape index (κ2) is 8.25. The number of nitriles is 1. The molecule has 0 radical (unpaired) electrons. The molecule has 0 amide bonds. The first-order valence-electron chi connectivity index (χ1n) is 10.0. The highest BCUT2D eigenvalue weighted by Crippen LogP contribution is 2.35. The average molecular weight is 405 g/mol. The van der Waals surface area contributed by atoms with E-state index in [9.17, 15) is 5.26 Å². The first-order valence-corrected chi connectivity index (χ1v) is 10.0. The van der Waals surface area contributed by atoms with Crippen molar-refractivity contribution in [1.29, 1.82) is 5.26 Å². The predicted octanol–water partition coefficient (Wildman–Crippen LogP) is 6.21. The summed E-state index contributed by atoms with van der Waals surface area (Å²) in [6.07, 6.45) is 1.85. The molecule has 0 bridgehead atoms. The lowest BCUT2D eigenvalue weighted by molar-refractivity contribution is 0.174. The smallest absolute Gasteiger partial charge is 0.231 e. The number of nitrogens with zero attached hydrogens (tertiary/aromatic N) is 1. The Morgan fingerprint density at radius 2 is 1.74 bits per heavy atom. The molecule has 0 aliphatic carbocycles. The van der Waals surface area contributed by atoms with Crippen molar-refractivity contribution in [2.75, 3.05) is 6.79 Å². The molecule has 0 atom stereocenters. The van der Waals surface area contributed by atoms with Crippen LogP contribution in [0.2, 0.25) is 0 Å². The minimum atomic E-state index is 0.209. The minimum absolute atomic E-state index is 0.209. The number of rotatable bonds is 5. The van der Waals surface area contributed by atoms with E-state index in [1.54, 1.807) is 0 Å². The Balaban J connectivity index is 1.37. The van der Waals surface area contributed by atoms with E-state index in [0.717, 1.165) is 22.4 Å². The van der Waals surface area contributed by atoms with Crippen LogP contribution in [-0.2, 0) is 6.61 Å². The Morgan fingerprint density at radius 3 is 2.68 bits per heavy atom. The van der Waals surface area contributed by atoms with Crippen LogP contribution in [0.5, 0.6) is 17.2 Å². The summed E-state index contributed by atoms with van der Waals surface area (Å²) in [5.74, 6) is 2.11. The first kappa shape index (κ1) is 18.8. The quantitative estimate of drug-likeness (QED) is 0.292. The second-order valence-electron chi connectivity index (χ2n) is 7.24. The molecule has 5 rings (SSSR count). The van der Waals surface area contributed by atoms with Gasteiger partial charge in [-0.05, 0) is 63.9 Å². The van der Waals surface area contributed by atoms with Crippen molar-refractivity contribution in [3.8, 4) is 23.3 Å². The van der Waals surface area contributed by atoms with Gasteiger partial charge in [0.25, 0.3) is 0 Å². The molecule has 0 fully saturated rings. The van der Waals surface area contributed by atoms with Crippen molar-refractivity contribution in [1.82, 2.24) is 0 Å². The lowest BCUT2D eigenvalue weighted by Crippen LogP contribution is -1.96. The van der Waals surface area contributed by atoms with Gasteiger partial charge in [0, 0.05) is 0 Å². The third-order valence-corrected chi connectivity index (χ3v) is 5.25. The number of fused-ring (bicyclic) bond motifs is 2. The SMILES string of the molecule is N#C/C(=C/c1cccc(OCc2cccc3ccccc23)c1)c1ccc2c(c1)OCO2. The highest BCUT2D eigenvalue weighted by molar-refractivity contribution is 5.90. The Bertz CT molecular complexity index is 1330. The van der Waals surface area contributed by atoms with Crippen molar-refractivity contribution in [3.05, 3.63) is 102 Å². The average Bonchev–Trinajstić information content (AvgIpc) is 3.29. The molecular formula is C27H19NO3. The molecule has 31 heavy (non-hydrogen) atoms. The van der Waals surface area contributed by atoms with E-state index in [1.165, 1.54) is 10.8 Å². The van der Waals surface area contributed by atoms with Gasteiger partial charge in [-0.25, -0.2) is 0 Å². The van der Waals surface area contributed by atoms with Crippen molar-refractivity contribution >= 4 is 22.4 Å². The number of ether oxygens (including phenoxy) is 3. The summed E-state index contributed by atoms with van der Waals surface area (Å²) < 4.78 is 16.9. The summed E-state index contributed by atoms with van der Waals surface area (Å²) in [7, 11) is 0. The third kappa shape index (κ3) is 3.94. The van der Waals surface area contributed by atoms with Crippen LogP contribution in [0.15, 0.2) is 84.9 Å². The number of hydrogen-bond acceptors (Lipinski definition) is 4. The summed E-state index contributed by atoms with van der Waals surface area (Å²) in [5, 5.41) is 12.1.